The summed E-state index contributed by atoms with van der Waals surface area (Å²) < 4.78 is 0. The number of nitrogens with zero attached hydrogens (tertiary/aromatic N) is 3. The molecule has 1 N–H and O–H groups in total. The van der Waals surface area contributed by atoms with E-state index in [0.29, 0.717) is 5.95 Å². The van der Waals surface area contributed by atoms with Gasteiger partial charge in [-0.2, -0.15) is 4.98 Å². The molecule has 0 amide bonds. The molecular weight excluding hydrogens is 284 g/mol. The van der Waals surface area contributed by atoms with E-state index in [-0.39, 0.29) is 0 Å². The summed E-state index contributed by atoms with van der Waals surface area (Å²) in [4.78, 5) is 11.7. The fourth-order valence-corrected chi connectivity index (χ4v) is 3.16. The number of anilines is 3. The van der Waals surface area contributed by atoms with Gasteiger partial charge in [0.05, 0.1) is 0 Å². The molecule has 0 saturated carbocycles. The molecule has 1 saturated heterocycles. The first kappa shape index (κ1) is 15.8. The van der Waals surface area contributed by atoms with Crippen molar-refractivity contribution in [3.05, 3.63) is 41.1 Å². The molecule has 2 heterocycles. The van der Waals surface area contributed by atoms with Crippen LogP contribution in [0.25, 0.3) is 0 Å². The number of piperidine rings is 1. The van der Waals surface area contributed by atoms with Crippen LogP contribution in [0, 0.1) is 26.7 Å². The van der Waals surface area contributed by atoms with Crippen LogP contribution in [0.5, 0.6) is 0 Å². The first-order chi connectivity index (χ1) is 11.0. The standard InChI is InChI=1S/C19H26N4/c1-13-7-8-15(3)17(10-13)21-19-20-16(4)11-18(22-19)23-9-5-6-14(2)12-23/h7-8,10-11,14H,5-6,9,12H2,1-4H3,(H,20,21,22). The van der Waals surface area contributed by atoms with Gasteiger partial charge in [0.15, 0.2) is 0 Å². The Morgan fingerprint density at radius 2 is 1.96 bits per heavy atom. The van der Waals surface area contributed by atoms with Gasteiger partial charge < -0.3 is 10.2 Å². The summed E-state index contributed by atoms with van der Waals surface area (Å²) in [6.45, 7) is 10.7. The third-order valence-electron chi connectivity index (χ3n) is 4.46. The maximum atomic E-state index is 4.76. The van der Waals surface area contributed by atoms with Gasteiger partial charge in [0.25, 0.3) is 0 Å². The average Bonchev–Trinajstić information content (AvgIpc) is 2.50. The van der Waals surface area contributed by atoms with E-state index in [4.69, 9.17) is 4.98 Å². The summed E-state index contributed by atoms with van der Waals surface area (Å²) in [6.07, 6.45) is 2.55. The fourth-order valence-electron chi connectivity index (χ4n) is 3.16. The lowest BCUT2D eigenvalue weighted by molar-refractivity contribution is 0.444. The Bertz CT molecular complexity index is 696. The van der Waals surface area contributed by atoms with Crippen LogP contribution in [0.2, 0.25) is 0 Å². The van der Waals surface area contributed by atoms with Crippen LogP contribution in [-0.4, -0.2) is 23.1 Å². The molecule has 0 aliphatic carbocycles. The number of aromatic nitrogens is 2. The van der Waals surface area contributed by atoms with E-state index in [9.17, 15) is 0 Å². The highest BCUT2D eigenvalue weighted by molar-refractivity contribution is 5.60. The van der Waals surface area contributed by atoms with Gasteiger partial charge in [0.1, 0.15) is 5.82 Å². The smallest absolute Gasteiger partial charge is 0.229 e. The zero-order valence-electron chi connectivity index (χ0n) is 14.6. The average molecular weight is 310 g/mol. The monoisotopic (exact) mass is 310 g/mol. The van der Waals surface area contributed by atoms with Crippen molar-refractivity contribution in [3.8, 4) is 0 Å². The van der Waals surface area contributed by atoms with E-state index in [0.717, 1.165) is 36.2 Å². The van der Waals surface area contributed by atoms with Crippen LogP contribution in [0.1, 0.15) is 36.6 Å². The van der Waals surface area contributed by atoms with Crippen molar-refractivity contribution in [2.45, 2.75) is 40.5 Å². The predicted octanol–water partition coefficient (Wildman–Crippen LogP) is 4.38. The second-order valence-corrected chi connectivity index (χ2v) is 6.83. The Morgan fingerprint density at radius 1 is 1.13 bits per heavy atom. The number of hydrogen-bond donors (Lipinski definition) is 1. The zero-order chi connectivity index (χ0) is 16.4. The molecule has 122 valence electrons. The first-order valence-corrected chi connectivity index (χ1v) is 8.46. The second-order valence-electron chi connectivity index (χ2n) is 6.83. The molecule has 4 heteroatoms. The lowest BCUT2D eigenvalue weighted by Crippen LogP contribution is -2.35. The van der Waals surface area contributed by atoms with Gasteiger partial charge in [-0.15, -0.1) is 0 Å². The first-order valence-electron chi connectivity index (χ1n) is 8.46. The SMILES string of the molecule is Cc1ccc(C)c(Nc2nc(C)cc(N3CCCC(C)C3)n2)c1. The van der Waals surface area contributed by atoms with Crippen molar-refractivity contribution in [2.75, 3.05) is 23.3 Å². The summed E-state index contributed by atoms with van der Waals surface area (Å²) in [6, 6.07) is 8.48. The minimum absolute atomic E-state index is 0.687. The molecule has 3 rings (SSSR count). The highest BCUT2D eigenvalue weighted by Crippen LogP contribution is 2.25. The molecule has 1 fully saturated rings. The van der Waals surface area contributed by atoms with Gasteiger partial charge in [-0.3, -0.25) is 0 Å². The van der Waals surface area contributed by atoms with E-state index in [2.05, 4.69) is 60.2 Å². The van der Waals surface area contributed by atoms with Gasteiger partial charge in [-0.05, 0) is 56.7 Å². The maximum Gasteiger partial charge on any atom is 0.229 e. The highest BCUT2D eigenvalue weighted by Gasteiger charge is 2.18. The van der Waals surface area contributed by atoms with Gasteiger partial charge >= 0.3 is 0 Å². The number of aryl methyl sites for hydroxylation is 3. The Balaban J connectivity index is 1.87. The molecule has 1 aliphatic heterocycles. The molecule has 2 aromatic rings. The lowest BCUT2D eigenvalue weighted by Gasteiger charge is -2.32. The third kappa shape index (κ3) is 3.81. The van der Waals surface area contributed by atoms with Crippen LogP contribution >= 0.6 is 0 Å². The van der Waals surface area contributed by atoms with E-state index in [1.807, 2.05) is 6.92 Å². The van der Waals surface area contributed by atoms with Crippen LogP contribution in [0.3, 0.4) is 0 Å². The van der Waals surface area contributed by atoms with Crippen molar-refractivity contribution in [3.63, 3.8) is 0 Å². The van der Waals surface area contributed by atoms with E-state index in [1.165, 1.54) is 24.0 Å². The Kier molecular flexibility index (Phi) is 4.51. The molecule has 1 aromatic carbocycles. The normalized spacial score (nSPS) is 18.1. The van der Waals surface area contributed by atoms with Crippen LogP contribution in [0.15, 0.2) is 24.3 Å². The molecule has 0 bridgehead atoms. The maximum absolute atomic E-state index is 4.76. The molecule has 0 radical (unpaired) electrons. The summed E-state index contributed by atoms with van der Waals surface area (Å²) in [5.41, 5.74) is 4.51. The quantitative estimate of drug-likeness (QED) is 0.913. The Labute approximate surface area is 139 Å². The third-order valence-corrected chi connectivity index (χ3v) is 4.46. The van der Waals surface area contributed by atoms with Crippen molar-refractivity contribution >= 4 is 17.5 Å². The summed E-state index contributed by atoms with van der Waals surface area (Å²) in [5, 5.41) is 3.40. The van der Waals surface area contributed by atoms with Gasteiger partial charge in [-0.1, -0.05) is 19.1 Å². The minimum Gasteiger partial charge on any atom is -0.356 e. The van der Waals surface area contributed by atoms with E-state index in [1.54, 1.807) is 0 Å². The summed E-state index contributed by atoms with van der Waals surface area (Å²) >= 11 is 0. The van der Waals surface area contributed by atoms with Crippen molar-refractivity contribution in [1.82, 2.24) is 9.97 Å². The molecule has 1 aromatic heterocycles. The van der Waals surface area contributed by atoms with Crippen LogP contribution in [-0.2, 0) is 0 Å². The zero-order valence-corrected chi connectivity index (χ0v) is 14.6. The molecule has 1 aliphatic rings. The van der Waals surface area contributed by atoms with Gasteiger partial charge in [0, 0.05) is 30.5 Å². The van der Waals surface area contributed by atoms with Crippen molar-refractivity contribution in [2.24, 2.45) is 5.92 Å². The molecular formula is C19H26N4. The number of benzene rings is 1. The molecule has 4 nitrogen and oxygen atoms in total. The topological polar surface area (TPSA) is 41.1 Å². The number of hydrogen-bond acceptors (Lipinski definition) is 4. The summed E-state index contributed by atoms with van der Waals surface area (Å²) in [7, 11) is 0. The van der Waals surface area contributed by atoms with Gasteiger partial charge in [0.2, 0.25) is 5.95 Å². The molecule has 23 heavy (non-hydrogen) atoms. The lowest BCUT2D eigenvalue weighted by atomic mass is 10.0. The Morgan fingerprint density at radius 3 is 2.74 bits per heavy atom. The predicted molar refractivity (Wildman–Crippen MR) is 96.6 cm³/mol. The number of nitrogens with one attached hydrogen (secondary N) is 1. The number of rotatable bonds is 3. The molecule has 1 unspecified atom stereocenters. The van der Waals surface area contributed by atoms with Crippen LogP contribution in [0.4, 0.5) is 17.5 Å². The Hall–Kier alpha value is -2.10. The van der Waals surface area contributed by atoms with E-state index >= 15 is 0 Å². The van der Waals surface area contributed by atoms with Crippen molar-refractivity contribution in [1.29, 1.82) is 0 Å². The van der Waals surface area contributed by atoms with Crippen molar-refractivity contribution < 1.29 is 0 Å². The second kappa shape index (κ2) is 6.57. The molecule has 0 spiro atoms. The minimum atomic E-state index is 0.687. The van der Waals surface area contributed by atoms with Gasteiger partial charge in [-0.25, -0.2) is 4.98 Å². The van der Waals surface area contributed by atoms with Crippen LogP contribution < -0.4 is 10.2 Å². The highest BCUT2D eigenvalue weighted by atomic mass is 15.2. The fraction of sp³-hybridized carbons (Fsp3) is 0.474. The summed E-state index contributed by atoms with van der Waals surface area (Å²) in [5.74, 6) is 2.46. The largest absolute Gasteiger partial charge is 0.356 e. The molecule has 1 atom stereocenters. The van der Waals surface area contributed by atoms with E-state index < -0.39 is 0 Å².